The molecule has 0 amide bonds. The molecule has 82 valence electrons. The summed E-state index contributed by atoms with van der Waals surface area (Å²) in [4.78, 5) is 4.08. The summed E-state index contributed by atoms with van der Waals surface area (Å²) in [7, 11) is 2.26. The number of nitrogens with zero attached hydrogens (tertiary/aromatic N) is 1. The van der Waals surface area contributed by atoms with Gasteiger partial charge in [-0.1, -0.05) is 0 Å². The molecule has 15 heavy (non-hydrogen) atoms. The molecular weight excluding hydrogens is 186 g/mol. The summed E-state index contributed by atoms with van der Waals surface area (Å²) < 4.78 is 0. The minimum absolute atomic E-state index is 0.857. The molecule has 3 N–H and O–H groups in total. The van der Waals surface area contributed by atoms with Gasteiger partial charge in [-0.05, 0) is 30.7 Å². The fourth-order valence-electron chi connectivity index (χ4n) is 2.16. The monoisotopic (exact) mass is 206 g/mol. The van der Waals surface area contributed by atoms with Gasteiger partial charge in [-0.25, -0.2) is 0 Å². The summed E-state index contributed by atoms with van der Waals surface area (Å²) in [5.41, 5.74) is 9.24. The van der Waals surface area contributed by atoms with Crippen LogP contribution in [0.3, 0.4) is 0 Å². The van der Waals surface area contributed by atoms with Gasteiger partial charge in [-0.3, -0.25) is 0 Å². The fourth-order valence-corrected chi connectivity index (χ4v) is 2.16. The minimum Gasteiger partial charge on any atom is -0.399 e. The van der Waals surface area contributed by atoms with Crippen LogP contribution in [-0.4, -0.2) is 33.2 Å². The number of quaternary nitrogens is 1. The van der Waals surface area contributed by atoms with Crippen LogP contribution in [0.1, 0.15) is 5.56 Å². The minimum atomic E-state index is 0.857. The highest BCUT2D eigenvalue weighted by Gasteiger charge is 2.17. The van der Waals surface area contributed by atoms with Gasteiger partial charge < -0.3 is 15.5 Å². The first-order valence-corrected chi connectivity index (χ1v) is 5.59. The summed E-state index contributed by atoms with van der Waals surface area (Å²) in [6.07, 6.45) is 0. The normalized spacial score (nSPS) is 18.1. The Labute approximate surface area is 91.5 Å². The van der Waals surface area contributed by atoms with E-state index >= 15 is 0 Å². The Hall–Kier alpha value is -1.22. The molecule has 0 spiro atoms. The number of hydrogen-bond donors (Lipinski definition) is 2. The molecule has 1 aliphatic heterocycles. The van der Waals surface area contributed by atoms with Crippen molar-refractivity contribution in [2.45, 2.75) is 6.92 Å². The van der Waals surface area contributed by atoms with Crippen LogP contribution in [0.2, 0.25) is 0 Å². The van der Waals surface area contributed by atoms with Crippen molar-refractivity contribution >= 4 is 11.4 Å². The molecule has 3 nitrogen and oxygen atoms in total. The van der Waals surface area contributed by atoms with Crippen molar-refractivity contribution in [2.75, 3.05) is 43.9 Å². The molecule has 1 saturated heterocycles. The number of hydrogen-bond acceptors (Lipinski definition) is 2. The number of benzene rings is 1. The second-order valence-electron chi connectivity index (χ2n) is 4.49. The van der Waals surface area contributed by atoms with E-state index in [1.165, 1.54) is 24.3 Å². The number of nitrogen functional groups attached to an aromatic ring is 1. The highest BCUT2D eigenvalue weighted by Crippen LogP contribution is 2.21. The van der Waals surface area contributed by atoms with Crippen molar-refractivity contribution in [3.8, 4) is 0 Å². The van der Waals surface area contributed by atoms with Crippen LogP contribution in [0.15, 0.2) is 18.2 Å². The van der Waals surface area contributed by atoms with E-state index in [0.717, 1.165) is 18.8 Å². The Morgan fingerprint density at radius 2 is 1.93 bits per heavy atom. The summed E-state index contributed by atoms with van der Waals surface area (Å²) in [5.74, 6) is 0. The van der Waals surface area contributed by atoms with E-state index in [1.807, 2.05) is 6.07 Å². The molecular formula is C12H20N3+. The molecule has 1 aromatic carbocycles. The second kappa shape index (κ2) is 4.11. The molecule has 0 atom stereocenters. The lowest BCUT2D eigenvalue weighted by Crippen LogP contribution is -3.12. The molecule has 1 heterocycles. The van der Waals surface area contributed by atoms with Gasteiger partial charge in [0.1, 0.15) is 0 Å². The number of anilines is 2. The lowest BCUT2D eigenvalue weighted by molar-refractivity contribution is -0.880. The smallest absolute Gasteiger partial charge is 0.0947 e. The number of aryl methyl sites for hydroxylation is 1. The van der Waals surface area contributed by atoms with Crippen molar-refractivity contribution in [3.63, 3.8) is 0 Å². The summed E-state index contributed by atoms with van der Waals surface area (Å²) in [5, 5.41) is 0. The molecule has 1 aromatic rings. The Bertz CT molecular complexity index is 341. The van der Waals surface area contributed by atoms with E-state index in [1.54, 1.807) is 4.90 Å². The van der Waals surface area contributed by atoms with Gasteiger partial charge in [-0.15, -0.1) is 0 Å². The summed E-state index contributed by atoms with van der Waals surface area (Å²) in [6.45, 7) is 6.89. The zero-order valence-electron chi connectivity index (χ0n) is 9.59. The fraction of sp³-hybridized carbons (Fsp3) is 0.500. The van der Waals surface area contributed by atoms with Gasteiger partial charge in [0.05, 0.1) is 33.2 Å². The zero-order valence-corrected chi connectivity index (χ0v) is 9.59. The summed E-state index contributed by atoms with van der Waals surface area (Å²) >= 11 is 0. The third kappa shape index (κ3) is 2.23. The standard InChI is InChI=1S/C12H19N3/c1-10-9-11(13)3-4-12(10)15-7-5-14(2)6-8-15/h3-4,9H,5-8,13H2,1-2H3/p+1. The highest BCUT2D eigenvalue weighted by atomic mass is 15.2. The van der Waals surface area contributed by atoms with Gasteiger partial charge in [0.15, 0.2) is 0 Å². The Balaban J connectivity index is 2.15. The number of nitrogens with one attached hydrogen (secondary N) is 1. The average Bonchev–Trinajstić information content (AvgIpc) is 2.20. The van der Waals surface area contributed by atoms with Gasteiger partial charge in [0.2, 0.25) is 0 Å². The average molecular weight is 206 g/mol. The predicted octanol–water partition coefficient (Wildman–Crippen LogP) is -0.0881. The first-order valence-electron chi connectivity index (χ1n) is 5.59. The molecule has 1 fully saturated rings. The van der Waals surface area contributed by atoms with Gasteiger partial charge in [0, 0.05) is 11.4 Å². The number of likely N-dealkylation sites (N-methyl/N-ethyl adjacent to an activating group) is 1. The molecule has 2 rings (SSSR count). The number of nitrogens with two attached hydrogens (primary N) is 1. The maximum absolute atomic E-state index is 5.76. The van der Waals surface area contributed by atoms with Crippen LogP contribution >= 0.6 is 0 Å². The predicted molar refractivity (Wildman–Crippen MR) is 64.4 cm³/mol. The second-order valence-corrected chi connectivity index (χ2v) is 4.49. The molecule has 0 unspecified atom stereocenters. The topological polar surface area (TPSA) is 33.7 Å². The van der Waals surface area contributed by atoms with Crippen molar-refractivity contribution < 1.29 is 4.90 Å². The number of rotatable bonds is 1. The molecule has 0 aliphatic carbocycles. The van der Waals surface area contributed by atoms with Gasteiger partial charge >= 0.3 is 0 Å². The lowest BCUT2D eigenvalue weighted by atomic mass is 10.1. The quantitative estimate of drug-likeness (QED) is 0.630. The van der Waals surface area contributed by atoms with Gasteiger partial charge in [-0.2, -0.15) is 0 Å². The number of piperazine rings is 1. The SMILES string of the molecule is Cc1cc(N)ccc1N1CC[NH+](C)CC1. The van der Waals surface area contributed by atoms with E-state index in [2.05, 4.69) is 31.0 Å². The van der Waals surface area contributed by atoms with E-state index in [9.17, 15) is 0 Å². The maximum Gasteiger partial charge on any atom is 0.0947 e. The largest absolute Gasteiger partial charge is 0.399 e. The van der Waals surface area contributed by atoms with Crippen molar-refractivity contribution in [1.82, 2.24) is 0 Å². The Kier molecular flexibility index (Phi) is 2.82. The Morgan fingerprint density at radius 3 is 2.53 bits per heavy atom. The maximum atomic E-state index is 5.76. The van der Waals surface area contributed by atoms with Crippen LogP contribution < -0.4 is 15.5 Å². The molecule has 0 bridgehead atoms. The van der Waals surface area contributed by atoms with E-state index in [-0.39, 0.29) is 0 Å². The molecule has 0 aromatic heterocycles. The molecule has 3 heteroatoms. The third-order valence-electron chi connectivity index (χ3n) is 3.18. The van der Waals surface area contributed by atoms with Crippen molar-refractivity contribution in [2.24, 2.45) is 0 Å². The van der Waals surface area contributed by atoms with Crippen molar-refractivity contribution in [1.29, 1.82) is 0 Å². The third-order valence-corrected chi connectivity index (χ3v) is 3.18. The van der Waals surface area contributed by atoms with Crippen LogP contribution in [0.25, 0.3) is 0 Å². The van der Waals surface area contributed by atoms with Crippen LogP contribution in [0.4, 0.5) is 11.4 Å². The van der Waals surface area contributed by atoms with Gasteiger partial charge in [0.25, 0.3) is 0 Å². The van der Waals surface area contributed by atoms with E-state index in [0.29, 0.717) is 0 Å². The van der Waals surface area contributed by atoms with E-state index in [4.69, 9.17) is 5.73 Å². The first-order chi connectivity index (χ1) is 7.16. The summed E-state index contributed by atoms with van der Waals surface area (Å²) in [6, 6.07) is 6.19. The first kappa shape index (κ1) is 10.3. The molecule has 1 aliphatic rings. The van der Waals surface area contributed by atoms with Crippen LogP contribution in [0, 0.1) is 6.92 Å². The Morgan fingerprint density at radius 1 is 1.27 bits per heavy atom. The van der Waals surface area contributed by atoms with E-state index < -0.39 is 0 Å². The van der Waals surface area contributed by atoms with Crippen molar-refractivity contribution in [3.05, 3.63) is 23.8 Å². The highest BCUT2D eigenvalue weighted by molar-refractivity contribution is 5.59. The van der Waals surface area contributed by atoms with Crippen LogP contribution in [-0.2, 0) is 0 Å². The van der Waals surface area contributed by atoms with Crippen LogP contribution in [0.5, 0.6) is 0 Å². The molecule has 0 radical (unpaired) electrons. The lowest BCUT2D eigenvalue weighted by Gasteiger charge is -2.32. The zero-order chi connectivity index (χ0) is 10.8. The molecule has 0 saturated carbocycles.